The van der Waals surface area contributed by atoms with Crippen molar-refractivity contribution in [2.45, 2.75) is 70.4 Å². The first-order chi connectivity index (χ1) is 13.1. The van der Waals surface area contributed by atoms with E-state index in [4.69, 9.17) is 4.74 Å². The molecule has 2 aromatic rings. The van der Waals surface area contributed by atoms with E-state index >= 15 is 0 Å². The lowest BCUT2D eigenvalue weighted by Gasteiger charge is -2.41. The van der Waals surface area contributed by atoms with Crippen molar-refractivity contribution >= 4 is 5.91 Å². The van der Waals surface area contributed by atoms with E-state index in [0.29, 0.717) is 0 Å². The highest BCUT2D eigenvalue weighted by Crippen LogP contribution is 2.42. The number of hydrogen-bond donors (Lipinski definition) is 1. The van der Waals surface area contributed by atoms with Gasteiger partial charge in [-0.3, -0.25) is 4.79 Å². The molecule has 3 heteroatoms. The van der Waals surface area contributed by atoms with Gasteiger partial charge in [0.05, 0.1) is 6.04 Å². The van der Waals surface area contributed by atoms with Crippen LogP contribution < -0.4 is 10.1 Å². The van der Waals surface area contributed by atoms with Crippen LogP contribution >= 0.6 is 0 Å². The molecule has 4 rings (SSSR count). The number of hydrogen-bond acceptors (Lipinski definition) is 2. The minimum absolute atomic E-state index is 0.0154. The van der Waals surface area contributed by atoms with Crippen LogP contribution in [0.2, 0.25) is 0 Å². The van der Waals surface area contributed by atoms with Crippen LogP contribution in [0.5, 0.6) is 5.75 Å². The zero-order valence-electron chi connectivity index (χ0n) is 16.4. The monoisotopic (exact) mass is 363 g/mol. The molecule has 0 fully saturated rings. The molecule has 27 heavy (non-hydrogen) atoms. The van der Waals surface area contributed by atoms with Crippen molar-refractivity contribution in [1.82, 2.24) is 5.32 Å². The van der Waals surface area contributed by atoms with Crippen molar-refractivity contribution in [1.29, 1.82) is 0 Å². The number of benzene rings is 2. The molecule has 0 spiro atoms. The van der Waals surface area contributed by atoms with Crippen LogP contribution in [0.25, 0.3) is 0 Å². The molecular formula is C24H29NO2. The predicted molar refractivity (Wildman–Crippen MR) is 108 cm³/mol. The highest BCUT2D eigenvalue weighted by Gasteiger charge is 2.39. The highest BCUT2D eigenvalue weighted by molar-refractivity contribution is 5.94. The lowest BCUT2D eigenvalue weighted by atomic mass is 9.83. The van der Waals surface area contributed by atoms with Crippen LogP contribution in [0.4, 0.5) is 0 Å². The number of carbonyl (C=O) groups excluding carboxylic acids is 1. The summed E-state index contributed by atoms with van der Waals surface area (Å²) < 4.78 is 6.36. The molecule has 0 saturated carbocycles. The summed E-state index contributed by atoms with van der Waals surface area (Å²) in [7, 11) is 0. The summed E-state index contributed by atoms with van der Waals surface area (Å²) in [5.41, 5.74) is 4.41. The van der Waals surface area contributed by atoms with E-state index in [9.17, 15) is 4.79 Å². The Morgan fingerprint density at radius 2 is 1.81 bits per heavy atom. The molecule has 2 aromatic carbocycles. The topological polar surface area (TPSA) is 38.3 Å². The number of fused-ring (bicyclic) bond motifs is 2. The summed E-state index contributed by atoms with van der Waals surface area (Å²) in [6.07, 6.45) is 7.39. The number of amides is 1. The second-order valence-corrected chi connectivity index (χ2v) is 7.95. The molecule has 1 aliphatic heterocycles. The first kappa shape index (κ1) is 18.1. The summed E-state index contributed by atoms with van der Waals surface area (Å²) in [5, 5.41) is 3.30. The fourth-order valence-corrected chi connectivity index (χ4v) is 4.55. The second kappa shape index (κ2) is 7.38. The van der Waals surface area contributed by atoms with Crippen LogP contribution in [-0.2, 0) is 12.8 Å². The smallest absolute Gasteiger partial charge is 0.251 e. The van der Waals surface area contributed by atoms with Crippen LogP contribution in [0.3, 0.4) is 0 Å². The van der Waals surface area contributed by atoms with Crippen LogP contribution in [0.15, 0.2) is 42.5 Å². The standard InChI is InChI=1S/C24H29NO2/c1-3-24(4-2)16-21(20-11-7-8-12-22(20)27-24)25-23(26)19-14-13-17-9-5-6-10-18(17)15-19/h7-8,11-15,21H,3-6,9-10,16H2,1-2H3,(H,25,26)/t21-/m1/s1. The van der Waals surface area contributed by atoms with Crippen molar-refractivity contribution in [3.05, 3.63) is 64.7 Å². The second-order valence-electron chi connectivity index (χ2n) is 7.95. The molecule has 0 bridgehead atoms. The molecule has 0 saturated heterocycles. The zero-order chi connectivity index (χ0) is 18.9. The normalized spacial score (nSPS) is 20.1. The minimum Gasteiger partial charge on any atom is -0.487 e. The lowest BCUT2D eigenvalue weighted by Crippen LogP contribution is -2.44. The maximum absolute atomic E-state index is 13.0. The SMILES string of the molecule is CCC1(CC)C[C@@H](NC(=O)c2ccc3c(c2)CCCC3)c2ccccc2O1. The van der Waals surface area contributed by atoms with E-state index in [0.717, 1.165) is 49.0 Å². The average molecular weight is 364 g/mol. The quantitative estimate of drug-likeness (QED) is 0.792. The Hall–Kier alpha value is -2.29. The minimum atomic E-state index is -0.206. The Kier molecular flexibility index (Phi) is 4.94. The van der Waals surface area contributed by atoms with Gasteiger partial charge >= 0.3 is 0 Å². The summed E-state index contributed by atoms with van der Waals surface area (Å²) in [5.74, 6) is 0.925. The van der Waals surface area contributed by atoms with E-state index < -0.39 is 0 Å². The number of carbonyl (C=O) groups is 1. The summed E-state index contributed by atoms with van der Waals surface area (Å²) in [6.45, 7) is 4.33. The number of nitrogens with one attached hydrogen (secondary N) is 1. The van der Waals surface area contributed by atoms with Gasteiger partial charge in [-0.05, 0) is 67.9 Å². The first-order valence-corrected chi connectivity index (χ1v) is 10.3. The van der Waals surface area contributed by atoms with Gasteiger partial charge in [0.1, 0.15) is 11.4 Å². The van der Waals surface area contributed by atoms with Gasteiger partial charge in [0.25, 0.3) is 5.91 Å². The van der Waals surface area contributed by atoms with E-state index in [1.54, 1.807) is 0 Å². The molecule has 2 aliphatic rings. The largest absolute Gasteiger partial charge is 0.487 e. The summed E-state index contributed by atoms with van der Waals surface area (Å²) in [4.78, 5) is 13.0. The molecule has 0 radical (unpaired) electrons. The first-order valence-electron chi connectivity index (χ1n) is 10.3. The van der Waals surface area contributed by atoms with Crippen molar-refractivity contribution < 1.29 is 9.53 Å². The number of aryl methyl sites for hydroxylation is 2. The molecule has 1 amide bonds. The Bertz CT molecular complexity index is 838. The Labute approximate surface area is 162 Å². The van der Waals surface area contributed by atoms with Gasteiger partial charge in [-0.25, -0.2) is 0 Å². The molecule has 1 aliphatic carbocycles. The number of rotatable bonds is 4. The maximum atomic E-state index is 13.0. The van der Waals surface area contributed by atoms with Gasteiger partial charge in [0.2, 0.25) is 0 Å². The number of ether oxygens (including phenoxy) is 1. The van der Waals surface area contributed by atoms with Gasteiger partial charge in [-0.15, -0.1) is 0 Å². The van der Waals surface area contributed by atoms with Gasteiger partial charge in [-0.2, -0.15) is 0 Å². The van der Waals surface area contributed by atoms with Gasteiger partial charge in [0, 0.05) is 17.5 Å². The molecule has 3 nitrogen and oxygen atoms in total. The highest BCUT2D eigenvalue weighted by atomic mass is 16.5. The molecule has 1 N–H and O–H groups in total. The van der Waals surface area contributed by atoms with E-state index in [1.165, 1.54) is 24.0 Å². The van der Waals surface area contributed by atoms with Crippen molar-refractivity contribution in [2.24, 2.45) is 0 Å². The third-order valence-corrected chi connectivity index (χ3v) is 6.40. The van der Waals surface area contributed by atoms with Crippen LogP contribution in [0, 0.1) is 0 Å². The van der Waals surface area contributed by atoms with Crippen LogP contribution in [0.1, 0.15) is 79.0 Å². The van der Waals surface area contributed by atoms with Crippen molar-refractivity contribution in [2.75, 3.05) is 0 Å². The summed E-state index contributed by atoms with van der Waals surface area (Å²) >= 11 is 0. The van der Waals surface area contributed by atoms with Crippen molar-refractivity contribution in [3.63, 3.8) is 0 Å². The molecule has 142 valence electrons. The van der Waals surface area contributed by atoms with Gasteiger partial charge in [-0.1, -0.05) is 38.1 Å². The van der Waals surface area contributed by atoms with Gasteiger partial charge in [0.15, 0.2) is 0 Å². The Morgan fingerprint density at radius 3 is 2.59 bits per heavy atom. The fraction of sp³-hybridized carbons (Fsp3) is 0.458. The zero-order valence-corrected chi connectivity index (χ0v) is 16.4. The summed E-state index contributed by atoms with van der Waals surface area (Å²) in [6, 6.07) is 14.3. The lowest BCUT2D eigenvalue weighted by molar-refractivity contribution is 0.0227. The Morgan fingerprint density at radius 1 is 1.07 bits per heavy atom. The van der Waals surface area contributed by atoms with Crippen molar-refractivity contribution in [3.8, 4) is 5.75 Å². The molecule has 0 aromatic heterocycles. The molecule has 1 heterocycles. The van der Waals surface area contributed by atoms with Crippen LogP contribution in [-0.4, -0.2) is 11.5 Å². The third-order valence-electron chi connectivity index (χ3n) is 6.40. The van der Waals surface area contributed by atoms with E-state index in [2.05, 4.69) is 37.4 Å². The average Bonchev–Trinajstić information content (AvgIpc) is 2.73. The molecule has 1 atom stereocenters. The molecule has 0 unspecified atom stereocenters. The predicted octanol–water partition coefficient (Wildman–Crippen LogP) is 5.38. The van der Waals surface area contributed by atoms with E-state index in [1.807, 2.05) is 24.3 Å². The Balaban J connectivity index is 1.60. The molecular weight excluding hydrogens is 334 g/mol. The number of para-hydroxylation sites is 1. The van der Waals surface area contributed by atoms with E-state index in [-0.39, 0.29) is 17.6 Å². The fourth-order valence-electron chi connectivity index (χ4n) is 4.55. The van der Waals surface area contributed by atoms with Gasteiger partial charge < -0.3 is 10.1 Å². The third kappa shape index (κ3) is 3.47. The maximum Gasteiger partial charge on any atom is 0.251 e.